The molecule has 1 fully saturated rings. The van der Waals surface area contributed by atoms with Crippen LogP contribution >= 0.6 is 0 Å². The van der Waals surface area contributed by atoms with Gasteiger partial charge >= 0.3 is 0 Å². The predicted molar refractivity (Wildman–Crippen MR) is 67.4 cm³/mol. The van der Waals surface area contributed by atoms with Crippen LogP contribution in [-0.2, 0) is 10.0 Å². The molecule has 0 aromatic heterocycles. The lowest BCUT2D eigenvalue weighted by atomic mass is 9.85. The van der Waals surface area contributed by atoms with Gasteiger partial charge in [-0.05, 0) is 24.8 Å². The van der Waals surface area contributed by atoms with Gasteiger partial charge in [-0.1, -0.05) is 6.42 Å². The molecule has 0 unspecified atom stereocenters. The summed E-state index contributed by atoms with van der Waals surface area (Å²) in [5, 5.41) is 7.31. The number of nitrogens with two attached hydrogens (primary N) is 1. The van der Waals surface area contributed by atoms with Crippen LogP contribution in [0.25, 0.3) is 0 Å². The SMILES string of the molecule is NS(=O)(=O)c1cc(C(=O)NCC2CCC2)c(F)cc1F. The van der Waals surface area contributed by atoms with Crippen LogP contribution in [-0.4, -0.2) is 20.9 Å². The van der Waals surface area contributed by atoms with Crippen molar-refractivity contribution in [2.75, 3.05) is 6.54 Å². The van der Waals surface area contributed by atoms with E-state index in [2.05, 4.69) is 5.32 Å². The number of rotatable bonds is 4. The molecule has 0 spiro atoms. The van der Waals surface area contributed by atoms with E-state index >= 15 is 0 Å². The van der Waals surface area contributed by atoms with E-state index in [1.807, 2.05) is 0 Å². The molecule has 0 saturated heterocycles. The van der Waals surface area contributed by atoms with Crippen LogP contribution in [0.3, 0.4) is 0 Å². The summed E-state index contributed by atoms with van der Waals surface area (Å²) in [5.74, 6) is -2.86. The maximum absolute atomic E-state index is 13.6. The minimum absolute atomic E-state index is 0.345. The van der Waals surface area contributed by atoms with Crippen LogP contribution in [0.4, 0.5) is 8.78 Å². The second-order valence-corrected chi connectivity index (χ2v) is 6.34. The molecule has 0 atom stereocenters. The lowest BCUT2D eigenvalue weighted by molar-refractivity contribution is 0.0934. The molecule has 110 valence electrons. The normalized spacial score (nSPS) is 15.8. The molecule has 1 aromatic carbocycles. The quantitative estimate of drug-likeness (QED) is 0.874. The maximum atomic E-state index is 13.6. The number of hydrogen-bond acceptors (Lipinski definition) is 3. The number of sulfonamides is 1. The molecule has 0 bridgehead atoms. The fraction of sp³-hybridized carbons (Fsp3) is 0.417. The van der Waals surface area contributed by atoms with E-state index in [0.29, 0.717) is 24.6 Å². The summed E-state index contributed by atoms with van der Waals surface area (Å²) in [5.41, 5.74) is -0.533. The summed E-state index contributed by atoms with van der Waals surface area (Å²) in [6, 6.07) is 0.966. The molecule has 1 aliphatic rings. The zero-order valence-corrected chi connectivity index (χ0v) is 11.3. The van der Waals surface area contributed by atoms with Crippen LogP contribution in [0.1, 0.15) is 29.6 Å². The predicted octanol–water partition coefficient (Wildman–Crippen LogP) is 1.14. The molecule has 0 radical (unpaired) electrons. The number of carbonyl (C=O) groups is 1. The lowest BCUT2D eigenvalue weighted by Gasteiger charge is -2.25. The number of halogens is 2. The van der Waals surface area contributed by atoms with Gasteiger partial charge in [-0.15, -0.1) is 0 Å². The average molecular weight is 304 g/mol. The summed E-state index contributed by atoms with van der Waals surface area (Å²) in [6.45, 7) is 0.389. The lowest BCUT2D eigenvalue weighted by Crippen LogP contribution is -2.33. The highest BCUT2D eigenvalue weighted by atomic mass is 32.2. The van der Waals surface area contributed by atoms with Gasteiger partial charge < -0.3 is 5.32 Å². The van der Waals surface area contributed by atoms with Gasteiger partial charge in [0.25, 0.3) is 5.91 Å². The van der Waals surface area contributed by atoms with E-state index in [-0.39, 0.29) is 0 Å². The van der Waals surface area contributed by atoms with E-state index in [0.717, 1.165) is 19.3 Å². The van der Waals surface area contributed by atoms with Crippen molar-refractivity contribution in [1.82, 2.24) is 5.32 Å². The molecule has 1 saturated carbocycles. The minimum atomic E-state index is -4.35. The molecule has 1 aliphatic carbocycles. The monoisotopic (exact) mass is 304 g/mol. The minimum Gasteiger partial charge on any atom is -0.352 e. The molecular weight excluding hydrogens is 290 g/mol. The van der Waals surface area contributed by atoms with Crippen molar-refractivity contribution in [3.8, 4) is 0 Å². The average Bonchev–Trinajstić information content (AvgIpc) is 2.24. The van der Waals surface area contributed by atoms with Crippen molar-refractivity contribution in [3.05, 3.63) is 29.3 Å². The van der Waals surface area contributed by atoms with Gasteiger partial charge in [0, 0.05) is 12.6 Å². The summed E-state index contributed by atoms with van der Waals surface area (Å²) < 4.78 is 49.2. The van der Waals surface area contributed by atoms with Crippen molar-refractivity contribution in [3.63, 3.8) is 0 Å². The topological polar surface area (TPSA) is 89.3 Å². The van der Waals surface area contributed by atoms with Crippen LogP contribution in [0.2, 0.25) is 0 Å². The third-order valence-electron chi connectivity index (χ3n) is 3.35. The van der Waals surface area contributed by atoms with Crippen LogP contribution < -0.4 is 10.5 Å². The first kappa shape index (κ1) is 14.9. The number of primary sulfonamides is 1. The summed E-state index contributed by atoms with van der Waals surface area (Å²) in [4.78, 5) is 10.9. The van der Waals surface area contributed by atoms with Crippen LogP contribution in [0.15, 0.2) is 17.0 Å². The van der Waals surface area contributed by atoms with Gasteiger partial charge in [0.1, 0.15) is 16.5 Å². The molecule has 1 aromatic rings. The Hall–Kier alpha value is -1.54. The van der Waals surface area contributed by atoms with Crippen LogP contribution in [0, 0.1) is 17.6 Å². The Balaban J connectivity index is 2.23. The van der Waals surface area contributed by atoms with Crippen molar-refractivity contribution in [2.45, 2.75) is 24.2 Å². The molecule has 20 heavy (non-hydrogen) atoms. The van der Waals surface area contributed by atoms with E-state index < -0.39 is 38.0 Å². The van der Waals surface area contributed by atoms with Crippen LogP contribution in [0.5, 0.6) is 0 Å². The smallest absolute Gasteiger partial charge is 0.254 e. The second kappa shape index (κ2) is 5.45. The third kappa shape index (κ3) is 3.13. The largest absolute Gasteiger partial charge is 0.352 e. The molecule has 2 rings (SSSR count). The zero-order chi connectivity index (χ0) is 14.9. The summed E-state index contributed by atoms with van der Waals surface area (Å²) in [7, 11) is -4.35. The first-order chi connectivity index (χ1) is 9.29. The fourth-order valence-corrected chi connectivity index (χ4v) is 2.56. The van der Waals surface area contributed by atoms with Gasteiger partial charge in [-0.25, -0.2) is 22.3 Å². The van der Waals surface area contributed by atoms with E-state index in [1.54, 1.807) is 0 Å². The number of carbonyl (C=O) groups excluding carboxylic acids is 1. The van der Waals surface area contributed by atoms with E-state index in [4.69, 9.17) is 5.14 Å². The molecule has 8 heteroatoms. The Bertz CT molecular complexity index is 642. The second-order valence-electron chi connectivity index (χ2n) is 4.81. The third-order valence-corrected chi connectivity index (χ3v) is 4.27. The number of nitrogens with one attached hydrogen (secondary N) is 1. The Kier molecular flexibility index (Phi) is 4.05. The highest BCUT2D eigenvalue weighted by Crippen LogP contribution is 2.25. The van der Waals surface area contributed by atoms with E-state index in [9.17, 15) is 22.0 Å². The summed E-state index contributed by atoms with van der Waals surface area (Å²) >= 11 is 0. The Labute approximate surface area is 115 Å². The Morgan fingerprint density at radius 1 is 1.30 bits per heavy atom. The molecule has 5 nitrogen and oxygen atoms in total. The standard InChI is InChI=1S/C12H14F2N2O3S/c13-9-5-10(14)11(20(15,18)19)4-8(9)12(17)16-6-7-2-1-3-7/h4-5,7H,1-3,6H2,(H,16,17)(H2,15,18,19). The highest BCUT2D eigenvalue weighted by molar-refractivity contribution is 7.89. The fourth-order valence-electron chi connectivity index (χ4n) is 1.95. The summed E-state index contributed by atoms with van der Waals surface area (Å²) in [6.07, 6.45) is 3.09. The number of benzene rings is 1. The van der Waals surface area contributed by atoms with Crippen molar-refractivity contribution >= 4 is 15.9 Å². The van der Waals surface area contributed by atoms with Gasteiger partial charge in [0.05, 0.1) is 5.56 Å². The van der Waals surface area contributed by atoms with Gasteiger partial charge in [-0.3, -0.25) is 4.79 Å². The first-order valence-electron chi connectivity index (χ1n) is 6.09. The Morgan fingerprint density at radius 3 is 2.45 bits per heavy atom. The van der Waals surface area contributed by atoms with Gasteiger partial charge in [0.15, 0.2) is 0 Å². The molecule has 0 aliphatic heterocycles. The molecule has 3 N–H and O–H groups in total. The maximum Gasteiger partial charge on any atom is 0.254 e. The van der Waals surface area contributed by atoms with Crippen molar-refractivity contribution in [2.24, 2.45) is 11.1 Å². The molecular formula is C12H14F2N2O3S. The molecule has 0 heterocycles. The van der Waals surface area contributed by atoms with Gasteiger partial charge in [0.2, 0.25) is 10.0 Å². The zero-order valence-electron chi connectivity index (χ0n) is 10.5. The van der Waals surface area contributed by atoms with Gasteiger partial charge in [-0.2, -0.15) is 0 Å². The first-order valence-corrected chi connectivity index (χ1v) is 7.63. The van der Waals surface area contributed by atoms with Crippen molar-refractivity contribution in [1.29, 1.82) is 0 Å². The molecule has 1 amide bonds. The Morgan fingerprint density at radius 2 is 1.95 bits per heavy atom. The number of amides is 1. The highest BCUT2D eigenvalue weighted by Gasteiger charge is 2.23. The van der Waals surface area contributed by atoms with E-state index in [1.165, 1.54) is 0 Å². The van der Waals surface area contributed by atoms with Crippen molar-refractivity contribution < 1.29 is 22.0 Å². The number of hydrogen-bond donors (Lipinski definition) is 2.